The number of hydrogen-bond acceptors (Lipinski definition) is 2. The van der Waals surface area contributed by atoms with Gasteiger partial charge in [-0.1, -0.05) is 43.1 Å². The smallest absolute Gasteiger partial charge is 0.224 e. The lowest BCUT2D eigenvalue weighted by Crippen LogP contribution is -2.40. The predicted octanol–water partition coefficient (Wildman–Crippen LogP) is 3.65. The van der Waals surface area contributed by atoms with E-state index < -0.39 is 0 Å². The van der Waals surface area contributed by atoms with E-state index in [4.69, 9.17) is 11.6 Å². The molecule has 0 saturated carbocycles. The van der Waals surface area contributed by atoms with Crippen LogP contribution in [0.2, 0.25) is 5.02 Å². The van der Waals surface area contributed by atoms with E-state index in [-0.39, 0.29) is 5.91 Å². The van der Waals surface area contributed by atoms with Crippen LogP contribution < -0.4 is 5.32 Å². The van der Waals surface area contributed by atoms with Crippen molar-refractivity contribution in [2.24, 2.45) is 0 Å². The third-order valence-corrected chi connectivity index (χ3v) is 4.84. The van der Waals surface area contributed by atoms with Crippen molar-refractivity contribution in [2.75, 3.05) is 19.6 Å². The molecule has 1 aromatic carbocycles. The molecule has 1 aliphatic heterocycles. The fourth-order valence-electron chi connectivity index (χ4n) is 3.20. The van der Waals surface area contributed by atoms with Crippen LogP contribution in [0, 0.1) is 0 Å². The molecule has 4 heteroatoms. The molecule has 0 unspecified atom stereocenters. The Bertz CT molecular complexity index is 478. The van der Waals surface area contributed by atoms with Gasteiger partial charge in [-0.05, 0) is 43.9 Å². The van der Waals surface area contributed by atoms with Crippen LogP contribution >= 0.6 is 11.6 Å². The molecule has 1 aromatic rings. The minimum atomic E-state index is 0.0544. The second-order valence-electron chi connectivity index (χ2n) is 6.07. The first-order chi connectivity index (χ1) is 10.7. The van der Waals surface area contributed by atoms with Crippen molar-refractivity contribution in [3.8, 4) is 0 Å². The maximum Gasteiger partial charge on any atom is 0.224 e. The fourth-order valence-corrected chi connectivity index (χ4v) is 3.41. The van der Waals surface area contributed by atoms with Gasteiger partial charge in [0, 0.05) is 24.2 Å². The molecular weight excluding hydrogens is 296 g/mol. The van der Waals surface area contributed by atoms with Crippen molar-refractivity contribution in [3.63, 3.8) is 0 Å². The largest absolute Gasteiger partial charge is 0.356 e. The molecular formula is C18H27ClN2O. The SMILES string of the molecule is CC[C@@H]1CCCCN1CCCNC(=O)Cc1ccccc1Cl. The zero-order valence-corrected chi connectivity index (χ0v) is 14.2. The lowest BCUT2D eigenvalue weighted by Gasteiger charge is -2.35. The summed E-state index contributed by atoms with van der Waals surface area (Å²) in [4.78, 5) is 14.5. The Morgan fingerprint density at radius 1 is 1.36 bits per heavy atom. The van der Waals surface area contributed by atoms with Gasteiger partial charge in [-0.25, -0.2) is 0 Å². The average Bonchev–Trinajstić information content (AvgIpc) is 2.54. The van der Waals surface area contributed by atoms with Crippen LogP contribution in [0.1, 0.15) is 44.6 Å². The van der Waals surface area contributed by atoms with Crippen molar-refractivity contribution in [1.82, 2.24) is 10.2 Å². The molecule has 0 aliphatic carbocycles. The van der Waals surface area contributed by atoms with Crippen LogP contribution in [0.15, 0.2) is 24.3 Å². The molecule has 1 saturated heterocycles. The maximum absolute atomic E-state index is 12.0. The summed E-state index contributed by atoms with van der Waals surface area (Å²) in [7, 11) is 0. The topological polar surface area (TPSA) is 32.3 Å². The summed E-state index contributed by atoms with van der Waals surface area (Å²) in [6, 6.07) is 8.27. The monoisotopic (exact) mass is 322 g/mol. The van der Waals surface area contributed by atoms with E-state index in [1.807, 2.05) is 24.3 Å². The van der Waals surface area contributed by atoms with Crippen LogP contribution in [0.4, 0.5) is 0 Å². The van der Waals surface area contributed by atoms with E-state index in [1.54, 1.807) is 0 Å². The normalized spacial score (nSPS) is 19.1. The molecule has 1 fully saturated rings. The number of carbonyl (C=O) groups is 1. The Hall–Kier alpha value is -1.06. The van der Waals surface area contributed by atoms with Gasteiger partial charge in [0.15, 0.2) is 0 Å². The highest BCUT2D eigenvalue weighted by Gasteiger charge is 2.19. The number of carbonyl (C=O) groups excluding carboxylic acids is 1. The highest BCUT2D eigenvalue weighted by Crippen LogP contribution is 2.19. The number of piperidine rings is 1. The third kappa shape index (κ3) is 5.29. The standard InChI is InChI=1S/C18H27ClN2O/c1-2-16-9-5-6-12-21(16)13-7-11-20-18(22)14-15-8-3-4-10-17(15)19/h3-4,8,10,16H,2,5-7,9,11-14H2,1H3,(H,20,22)/t16-/m1/s1. The van der Waals surface area contributed by atoms with E-state index in [0.717, 1.165) is 31.1 Å². The van der Waals surface area contributed by atoms with E-state index in [2.05, 4.69) is 17.1 Å². The maximum atomic E-state index is 12.0. The van der Waals surface area contributed by atoms with Crippen LogP contribution in [0.3, 0.4) is 0 Å². The van der Waals surface area contributed by atoms with Crippen LogP contribution in [-0.2, 0) is 11.2 Å². The van der Waals surface area contributed by atoms with Gasteiger partial charge in [0.25, 0.3) is 0 Å². The number of benzene rings is 1. The Morgan fingerprint density at radius 3 is 2.95 bits per heavy atom. The van der Waals surface area contributed by atoms with Gasteiger partial charge in [-0.3, -0.25) is 4.79 Å². The predicted molar refractivity (Wildman–Crippen MR) is 92.3 cm³/mol. The third-order valence-electron chi connectivity index (χ3n) is 4.47. The molecule has 22 heavy (non-hydrogen) atoms. The van der Waals surface area contributed by atoms with Crippen LogP contribution in [-0.4, -0.2) is 36.5 Å². The molecule has 122 valence electrons. The summed E-state index contributed by atoms with van der Waals surface area (Å²) in [5.74, 6) is 0.0544. The Balaban J connectivity index is 1.66. The molecule has 1 amide bonds. The Labute approximate surface area is 139 Å². The minimum Gasteiger partial charge on any atom is -0.356 e. The quantitative estimate of drug-likeness (QED) is 0.777. The average molecular weight is 323 g/mol. The number of hydrogen-bond donors (Lipinski definition) is 1. The lowest BCUT2D eigenvalue weighted by molar-refractivity contribution is -0.120. The molecule has 1 aliphatic rings. The van der Waals surface area contributed by atoms with Crippen LogP contribution in [0.25, 0.3) is 0 Å². The Morgan fingerprint density at radius 2 is 2.18 bits per heavy atom. The summed E-state index contributed by atoms with van der Waals surface area (Å²) >= 11 is 6.08. The highest BCUT2D eigenvalue weighted by molar-refractivity contribution is 6.31. The number of nitrogens with one attached hydrogen (secondary N) is 1. The van der Waals surface area contributed by atoms with Gasteiger partial charge in [-0.15, -0.1) is 0 Å². The first-order valence-corrected chi connectivity index (χ1v) is 8.82. The minimum absolute atomic E-state index is 0.0544. The van der Waals surface area contributed by atoms with E-state index in [9.17, 15) is 4.79 Å². The molecule has 0 aromatic heterocycles. The Kier molecular flexibility index (Phi) is 7.20. The molecule has 1 heterocycles. The zero-order valence-electron chi connectivity index (χ0n) is 13.5. The number of amides is 1. The number of halogens is 1. The zero-order chi connectivity index (χ0) is 15.8. The summed E-state index contributed by atoms with van der Waals surface area (Å²) in [5.41, 5.74) is 0.892. The van der Waals surface area contributed by atoms with Crippen molar-refractivity contribution in [1.29, 1.82) is 0 Å². The van der Waals surface area contributed by atoms with Gasteiger partial charge in [0.05, 0.1) is 6.42 Å². The molecule has 0 spiro atoms. The van der Waals surface area contributed by atoms with Crippen LogP contribution in [0.5, 0.6) is 0 Å². The molecule has 1 N–H and O–H groups in total. The van der Waals surface area contributed by atoms with Gasteiger partial charge in [0.1, 0.15) is 0 Å². The first-order valence-electron chi connectivity index (χ1n) is 8.45. The van der Waals surface area contributed by atoms with Gasteiger partial charge < -0.3 is 10.2 Å². The van der Waals surface area contributed by atoms with Crippen molar-refractivity contribution in [3.05, 3.63) is 34.9 Å². The number of likely N-dealkylation sites (tertiary alicyclic amines) is 1. The molecule has 2 rings (SSSR count). The van der Waals surface area contributed by atoms with Gasteiger partial charge >= 0.3 is 0 Å². The fraction of sp³-hybridized carbons (Fsp3) is 0.611. The second kappa shape index (κ2) is 9.16. The van der Waals surface area contributed by atoms with E-state index in [0.29, 0.717) is 11.4 Å². The lowest BCUT2D eigenvalue weighted by atomic mass is 10.00. The summed E-state index contributed by atoms with van der Waals surface area (Å²) in [6.45, 7) is 5.32. The molecule has 0 radical (unpaired) electrons. The summed E-state index contributed by atoms with van der Waals surface area (Å²) in [6.07, 6.45) is 6.62. The molecule has 1 atom stereocenters. The van der Waals surface area contributed by atoms with Crippen molar-refractivity contribution >= 4 is 17.5 Å². The van der Waals surface area contributed by atoms with Crippen molar-refractivity contribution in [2.45, 2.75) is 51.5 Å². The first kappa shape index (κ1) is 17.3. The van der Waals surface area contributed by atoms with Crippen molar-refractivity contribution < 1.29 is 4.79 Å². The van der Waals surface area contributed by atoms with E-state index >= 15 is 0 Å². The number of nitrogens with zero attached hydrogens (tertiary/aromatic N) is 1. The summed E-state index contributed by atoms with van der Waals surface area (Å²) < 4.78 is 0. The summed E-state index contributed by atoms with van der Waals surface area (Å²) in [5, 5.41) is 3.67. The highest BCUT2D eigenvalue weighted by atomic mass is 35.5. The van der Waals surface area contributed by atoms with Gasteiger partial charge in [0.2, 0.25) is 5.91 Å². The number of rotatable bonds is 7. The molecule has 0 bridgehead atoms. The molecule has 3 nitrogen and oxygen atoms in total. The second-order valence-corrected chi connectivity index (χ2v) is 6.47. The van der Waals surface area contributed by atoms with Gasteiger partial charge in [-0.2, -0.15) is 0 Å². The van der Waals surface area contributed by atoms with E-state index in [1.165, 1.54) is 32.2 Å².